The Morgan fingerprint density at radius 1 is 1.36 bits per heavy atom. The van der Waals surface area contributed by atoms with E-state index in [4.69, 9.17) is 11.5 Å². The van der Waals surface area contributed by atoms with Gasteiger partial charge in [-0.1, -0.05) is 0 Å². The summed E-state index contributed by atoms with van der Waals surface area (Å²) in [4.78, 5) is 2.24. The van der Waals surface area contributed by atoms with Crippen LogP contribution < -0.4 is 16.4 Å². The van der Waals surface area contributed by atoms with Crippen LogP contribution >= 0.6 is 0 Å². The standard InChI is InChI=1S/C11H19N3/c1-3-14(7-6-12)10-4-5-11(13)9(2)8-10/h4-5,8H,3,6-7,12-13H2,1-2H3. The van der Waals surface area contributed by atoms with Gasteiger partial charge in [0.2, 0.25) is 0 Å². The van der Waals surface area contributed by atoms with Gasteiger partial charge in [-0.25, -0.2) is 0 Å². The monoisotopic (exact) mass is 193 g/mol. The van der Waals surface area contributed by atoms with Crippen molar-refractivity contribution in [3.8, 4) is 0 Å². The molecule has 0 saturated heterocycles. The molecule has 0 atom stereocenters. The smallest absolute Gasteiger partial charge is 0.0370 e. The molecule has 0 radical (unpaired) electrons. The number of likely N-dealkylation sites (N-methyl/N-ethyl adjacent to an activating group) is 1. The van der Waals surface area contributed by atoms with Crippen molar-refractivity contribution in [1.29, 1.82) is 0 Å². The second-order valence-electron chi connectivity index (χ2n) is 3.41. The average Bonchev–Trinajstić information content (AvgIpc) is 2.19. The lowest BCUT2D eigenvalue weighted by Crippen LogP contribution is -2.29. The molecule has 0 bridgehead atoms. The fourth-order valence-corrected chi connectivity index (χ4v) is 1.48. The first kappa shape index (κ1) is 10.9. The summed E-state index contributed by atoms with van der Waals surface area (Å²) in [5.41, 5.74) is 14.5. The molecular weight excluding hydrogens is 174 g/mol. The number of hydrogen-bond acceptors (Lipinski definition) is 3. The van der Waals surface area contributed by atoms with E-state index in [1.54, 1.807) is 0 Å². The van der Waals surface area contributed by atoms with E-state index in [1.807, 2.05) is 19.1 Å². The van der Waals surface area contributed by atoms with Crippen LogP contribution in [0.2, 0.25) is 0 Å². The third-order valence-electron chi connectivity index (χ3n) is 2.40. The zero-order valence-corrected chi connectivity index (χ0v) is 8.96. The Hall–Kier alpha value is -1.22. The molecule has 78 valence electrons. The second kappa shape index (κ2) is 4.86. The Kier molecular flexibility index (Phi) is 3.77. The van der Waals surface area contributed by atoms with Gasteiger partial charge < -0.3 is 16.4 Å². The van der Waals surface area contributed by atoms with Gasteiger partial charge in [-0.15, -0.1) is 0 Å². The number of aryl methyl sites for hydroxylation is 1. The minimum Gasteiger partial charge on any atom is -0.399 e. The van der Waals surface area contributed by atoms with Gasteiger partial charge in [0.15, 0.2) is 0 Å². The van der Waals surface area contributed by atoms with Crippen molar-refractivity contribution < 1.29 is 0 Å². The molecule has 0 spiro atoms. The normalized spacial score (nSPS) is 10.2. The Bertz CT molecular complexity index is 297. The summed E-state index contributed by atoms with van der Waals surface area (Å²) in [6, 6.07) is 6.10. The molecule has 0 unspecified atom stereocenters. The number of anilines is 2. The largest absolute Gasteiger partial charge is 0.399 e. The summed E-state index contributed by atoms with van der Waals surface area (Å²) in [5.74, 6) is 0. The number of nitrogens with two attached hydrogens (primary N) is 2. The lowest BCUT2D eigenvalue weighted by molar-refractivity contribution is 0.816. The Morgan fingerprint density at radius 2 is 2.07 bits per heavy atom. The van der Waals surface area contributed by atoms with Crippen molar-refractivity contribution in [2.24, 2.45) is 5.73 Å². The molecule has 3 nitrogen and oxygen atoms in total. The highest BCUT2D eigenvalue weighted by Crippen LogP contribution is 2.19. The van der Waals surface area contributed by atoms with E-state index < -0.39 is 0 Å². The molecule has 0 aliphatic carbocycles. The van der Waals surface area contributed by atoms with Gasteiger partial charge in [0, 0.05) is 31.0 Å². The first-order valence-corrected chi connectivity index (χ1v) is 5.00. The summed E-state index contributed by atoms with van der Waals surface area (Å²) < 4.78 is 0. The number of nitrogens with zero attached hydrogens (tertiary/aromatic N) is 1. The predicted molar refractivity (Wildman–Crippen MR) is 62.5 cm³/mol. The Labute approximate surface area is 85.7 Å². The Balaban J connectivity index is 2.88. The molecule has 1 rings (SSSR count). The molecular formula is C11H19N3. The van der Waals surface area contributed by atoms with Crippen molar-refractivity contribution in [2.45, 2.75) is 13.8 Å². The predicted octanol–water partition coefficient (Wildman–Crippen LogP) is 1.36. The quantitative estimate of drug-likeness (QED) is 0.710. The van der Waals surface area contributed by atoms with E-state index in [-0.39, 0.29) is 0 Å². The van der Waals surface area contributed by atoms with Gasteiger partial charge in [0.1, 0.15) is 0 Å². The highest BCUT2D eigenvalue weighted by Gasteiger charge is 2.03. The fraction of sp³-hybridized carbons (Fsp3) is 0.455. The summed E-state index contributed by atoms with van der Waals surface area (Å²) in [6.07, 6.45) is 0. The van der Waals surface area contributed by atoms with Gasteiger partial charge in [0.05, 0.1) is 0 Å². The van der Waals surface area contributed by atoms with E-state index >= 15 is 0 Å². The zero-order chi connectivity index (χ0) is 10.6. The van der Waals surface area contributed by atoms with E-state index in [2.05, 4.69) is 17.9 Å². The van der Waals surface area contributed by atoms with Crippen molar-refractivity contribution >= 4 is 11.4 Å². The molecule has 0 amide bonds. The molecule has 0 aliphatic heterocycles. The van der Waals surface area contributed by atoms with Crippen LogP contribution in [0.3, 0.4) is 0 Å². The lowest BCUT2D eigenvalue weighted by Gasteiger charge is -2.22. The highest BCUT2D eigenvalue weighted by molar-refractivity contribution is 5.57. The molecule has 0 aromatic heterocycles. The van der Waals surface area contributed by atoms with Crippen LogP contribution in [0.5, 0.6) is 0 Å². The maximum Gasteiger partial charge on any atom is 0.0370 e. The maximum absolute atomic E-state index is 5.76. The van der Waals surface area contributed by atoms with Crippen molar-refractivity contribution in [1.82, 2.24) is 0 Å². The van der Waals surface area contributed by atoms with Gasteiger partial charge in [-0.05, 0) is 37.6 Å². The first-order valence-electron chi connectivity index (χ1n) is 5.00. The third-order valence-corrected chi connectivity index (χ3v) is 2.40. The van der Waals surface area contributed by atoms with Crippen LogP contribution in [-0.2, 0) is 0 Å². The van der Waals surface area contributed by atoms with Gasteiger partial charge >= 0.3 is 0 Å². The van der Waals surface area contributed by atoms with Crippen molar-refractivity contribution in [3.63, 3.8) is 0 Å². The van der Waals surface area contributed by atoms with Gasteiger partial charge in [-0.3, -0.25) is 0 Å². The molecule has 3 heteroatoms. The highest BCUT2D eigenvalue weighted by atomic mass is 15.1. The van der Waals surface area contributed by atoms with E-state index in [0.29, 0.717) is 6.54 Å². The summed E-state index contributed by atoms with van der Waals surface area (Å²) in [6.45, 7) is 6.69. The average molecular weight is 193 g/mol. The van der Waals surface area contributed by atoms with Crippen LogP contribution in [0.4, 0.5) is 11.4 Å². The lowest BCUT2D eigenvalue weighted by atomic mass is 10.1. The number of nitrogen functional groups attached to an aromatic ring is 1. The van der Waals surface area contributed by atoms with Crippen LogP contribution in [0.1, 0.15) is 12.5 Å². The molecule has 1 aromatic rings. The Morgan fingerprint density at radius 3 is 2.57 bits per heavy atom. The van der Waals surface area contributed by atoms with Crippen LogP contribution in [0, 0.1) is 6.92 Å². The zero-order valence-electron chi connectivity index (χ0n) is 8.96. The molecule has 4 N–H and O–H groups in total. The van der Waals surface area contributed by atoms with Crippen LogP contribution in [0.25, 0.3) is 0 Å². The van der Waals surface area contributed by atoms with E-state index in [1.165, 1.54) is 5.69 Å². The SMILES string of the molecule is CCN(CCN)c1ccc(N)c(C)c1. The molecule has 0 saturated carbocycles. The van der Waals surface area contributed by atoms with E-state index in [9.17, 15) is 0 Å². The molecule has 14 heavy (non-hydrogen) atoms. The van der Waals surface area contributed by atoms with Gasteiger partial charge in [0.25, 0.3) is 0 Å². The van der Waals surface area contributed by atoms with Crippen molar-refractivity contribution in [2.75, 3.05) is 30.3 Å². The third kappa shape index (κ3) is 2.39. The minimum atomic E-state index is 0.678. The first-order chi connectivity index (χ1) is 6.69. The maximum atomic E-state index is 5.76. The summed E-state index contributed by atoms with van der Waals surface area (Å²) in [7, 11) is 0. The van der Waals surface area contributed by atoms with Gasteiger partial charge in [-0.2, -0.15) is 0 Å². The second-order valence-corrected chi connectivity index (χ2v) is 3.41. The fourth-order valence-electron chi connectivity index (χ4n) is 1.48. The summed E-state index contributed by atoms with van der Waals surface area (Å²) >= 11 is 0. The number of rotatable bonds is 4. The number of benzene rings is 1. The van der Waals surface area contributed by atoms with Crippen molar-refractivity contribution in [3.05, 3.63) is 23.8 Å². The minimum absolute atomic E-state index is 0.678. The molecule has 0 fully saturated rings. The topological polar surface area (TPSA) is 55.3 Å². The van der Waals surface area contributed by atoms with Crippen LogP contribution in [0.15, 0.2) is 18.2 Å². The molecule has 0 aliphatic rings. The number of hydrogen-bond donors (Lipinski definition) is 2. The van der Waals surface area contributed by atoms with Crippen LogP contribution in [-0.4, -0.2) is 19.6 Å². The summed E-state index contributed by atoms with van der Waals surface area (Å²) in [5, 5.41) is 0. The molecule has 1 aromatic carbocycles. The van der Waals surface area contributed by atoms with E-state index in [0.717, 1.165) is 24.3 Å². The molecule has 0 heterocycles.